The molecule has 11 nitrogen and oxygen atoms in total. The van der Waals surface area contributed by atoms with Gasteiger partial charge in [-0.1, -0.05) is 6.07 Å². The molecule has 0 saturated heterocycles. The molecule has 2 atom stereocenters. The van der Waals surface area contributed by atoms with Crippen molar-refractivity contribution >= 4 is 17.4 Å². The number of anilines is 2. The second kappa shape index (κ2) is 14.1. The van der Waals surface area contributed by atoms with Crippen molar-refractivity contribution in [3.05, 3.63) is 90.3 Å². The van der Waals surface area contributed by atoms with Crippen LogP contribution in [0.2, 0.25) is 0 Å². The highest BCUT2D eigenvalue weighted by molar-refractivity contribution is 6.01. The van der Waals surface area contributed by atoms with Gasteiger partial charge in [-0.15, -0.1) is 0 Å². The monoisotopic (exact) mass is 637 g/mol. The largest absolute Gasteiger partial charge is 0.416 e. The summed E-state index contributed by atoms with van der Waals surface area (Å²) in [5.41, 5.74) is -2.86. The molecular weight excluding hydrogens is 605 g/mol. The summed E-state index contributed by atoms with van der Waals surface area (Å²) in [7, 11) is 0. The molecule has 242 valence electrons. The molecule has 16 heteroatoms. The third-order valence-electron chi connectivity index (χ3n) is 7.00. The van der Waals surface area contributed by atoms with Gasteiger partial charge in [-0.3, -0.25) is 9.58 Å². The van der Waals surface area contributed by atoms with Crippen LogP contribution in [0.5, 0.6) is 0 Å². The maximum Gasteiger partial charge on any atom is 0.416 e. The lowest BCUT2D eigenvalue weighted by Gasteiger charge is -2.35. The van der Waals surface area contributed by atoms with E-state index in [1.54, 1.807) is 20.8 Å². The van der Waals surface area contributed by atoms with Gasteiger partial charge in [-0.2, -0.15) is 23.4 Å². The van der Waals surface area contributed by atoms with E-state index < -0.39 is 47.3 Å². The molecule has 0 spiro atoms. The number of carbonyl (C=O) groups is 1. The number of benzene rings is 2. The number of hydrogen-bond acceptors (Lipinski definition) is 7. The summed E-state index contributed by atoms with van der Waals surface area (Å²) in [4.78, 5) is 18.6. The van der Waals surface area contributed by atoms with Crippen molar-refractivity contribution in [2.24, 2.45) is 0 Å². The number of aliphatic hydroxyl groups is 1. The third-order valence-corrected chi connectivity index (χ3v) is 7.00. The summed E-state index contributed by atoms with van der Waals surface area (Å²) in [5, 5.41) is 22.8. The van der Waals surface area contributed by atoms with Gasteiger partial charge in [0.2, 0.25) is 0 Å². The lowest BCUT2D eigenvalue weighted by molar-refractivity contribution is -0.137. The van der Waals surface area contributed by atoms with Gasteiger partial charge in [0.1, 0.15) is 29.9 Å². The number of amides is 2. The van der Waals surface area contributed by atoms with Crippen LogP contribution in [-0.2, 0) is 27.8 Å². The number of halogens is 5. The minimum atomic E-state index is -4.55. The van der Waals surface area contributed by atoms with Crippen LogP contribution in [0, 0.1) is 11.6 Å². The first-order chi connectivity index (χ1) is 21.3. The number of hydrogen-bond donors (Lipinski definition) is 2. The quantitative estimate of drug-likeness (QED) is 0.150. The van der Waals surface area contributed by atoms with Crippen LogP contribution < -0.4 is 10.2 Å². The van der Waals surface area contributed by atoms with Crippen LogP contribution in [0.25, 0.3) is 0 Å². The van der Waals surface area contributed by atoms with E-state index >= 15 is 4.39 Å². The van der Waals surface area contributed by atoms with E-state index in [4.69, 9.17) is 9.47 Å². The highest BCUT2D eigenvalue weighted by Crippen LogP contribution is 2.37. The maximum atomic E-state index is 15.0. The molecular formula is C29H32F5N7O4. The summed E-state index contributed by atoms with van der Waals surface area (Å²) in [6.07, 6.45) is -0.138. The molecule has 4 aromatic rings. The molecule has 45 heavy (non-hydrogen) atoms. The Labute approximate surface area is 255 Å². The lowest BCUT2D eigenvalue weighted by Crippen LogP contribution is -2.42. The Balaban J connectivity index is 1.68. The molecule has 2 amide bonds. The van der Waals surface area contributed by atoms with Crippen LogP contribution in [-0.4, -0.2) is 61.7 Å². The molecule has 0 aliphatic carbocycles. The van der Waals surface area contributed by atoms with E-state index in [1.165, 1.54) is 39.3 Å². The van der Waals surface area contributed by atoms with E-state index in [-0.39, 0.29) is 43.2 Å². The summed E-state index contributed by atoms with van der Waals surface area (Å²) >= 11 is 0. The lowest BCUT2D eigenvalue weighted by atomic mass is 9.86. The SMILES string of the molecule is CCOC(CN(C(=O)Nc1ccc(C(F)(F)F)cc1)c1cnn(C(C)C(O)(Cn2cncn2)c2ccc(F)cc2F)c1)OCC. The van der Waals surface area contributed by atoms with E-state index in [9.17, 15) is 27.5 Å². The van der Waals surface area contributed by atoms with E-state index in [0.717, 1.165) is 36.4 Å². The number of alkyl halides is 3. The molecule has 2 unspecified atom stereocenters. The Kier molecular flexibility index (Phi) is 10.5. The van der Waals surface area contributed by atoms with Crippen LogP contribution >= 0.6 is 0 Å². The first kappa shape index (κ1) is 33.5. The molecule has 4 rings (SSSR count). The number of nitrogens with zero attached hydrogens (tertiary/aromatic N) is 6. The molecule has 0 radical (unpaired) electrons. The Hall–Kier alpha value is -4.41. The number of aromatic nitrogens is 5. The Morgan fingerprint density at radius 1 is 1.07 bits per heavy atom. The zero-order valence-electron chi connectivity index (χ0n) is 24.6. The average molecular weight is 638 g/mol. The highest BCUT2D eigenvalue weighted by atomic mass is 19.4. The third kappa shape index (κ3) is 8.01. The van der Waals surface area contributed by atoms with Crippen molar-refractivity contribution in [2.75, 3.05) is 30.0 Å². The van der Waals surface area contributed by atoms with Gasteiger partial charge < -0.3 is 19.9 Å². The fourth-order valence-electron chi connectivity index (χ4n) is 4.66. The van der Waals surface area contributed by atoms with Crippen molar-refractivity contribution in [3.63, 3.8) is 0 Å². The summed E-state index contributed by atoms with van der Waals surface area (Å²) < 4.78 is 81.7. The predicted octanol–water partition coefficient (Wildman–Crippen LogP) is 5.36. The molecule has 0 fully saturated rings. The van der Waals surface area contributed by atoms with Crippen LogP contribution in [0.4, 0.5) is 38.1 Å². The topological polar surface area (TPSA) is 120 Å². The zero-order valence-corrected chi connectivity index (χ0v) is 24.6. The van der Waals surface area contributed by atoms with Gasteiger partial charge in [0, 0.05) is 36.7 Å². The second-order valence-corrected chi connectivity index (χ2v) is 9.95. The van der Waals surface area contributed by atoms with Gasteiger partial charge >= 0.3 is 12.2 Å². The summed E-state index contributed by atoms with van der Waals surface area (Å²) in [5.74, 6) is -1.83. The fourth-order valence-corrected chi connectivity index (χ4v) is 4.66. The van der Waals surface area contributed by atoms with Gasteiger partial charge in [0.15, 0.2) is 6.29 Å². The average Bonchev–Trinajstić information content (AvgIpc) is 3.68. The Morgan fingerprint density at radius 3 is 2.33 bits per heavy atom. The van der Waals surface area contributed by atoms with E-state index in [2.05, 4.69) is 20.5 Å². The van der Waals surface area contributed by atoms with E-state index in [0.29, 0.717) is 6.07 Å². The van der Waals surface area contributed by atoms with Gasteiger partial charge in [-0.25, -0.2) is 23.2 Å². The predicted molar refractivity (Wildman–Crippen MR) is 152 cm³/mol. The number of rotatable bonds is 13. The number of nitrogens with one attached hydrogen (secondary N) is 1. The molecule has 0 aliphatic heterocycles. The summed E-state index contributed by atoms with van der Waals surface area (Å²) in [6, 6.07) is 4.95. The van der Waals surface area contributed by atoms with Crippen LogP contribution in [0.15, 0.2) is 67.5 Å². The number of urea groups is 1. The molecule has 2 N–H and O–H groups in total. The highest BCUT2D eigenvalue weighted by Gasteiger charge is 2.41. The van der Waals surface area contributed by atoms with Gasteiger partial charge in [0.05, 0.1) is 36.6 Å². The first-order valence-corrected chi connectivity index (χ1v) is 13.9. The van der Waals surface area contributed by atoms with Crippen molar-refractivity contribution in [3.8, 4) is 0 Å². The molecule has 0 aliphatic rings. The van der Waals surface area contributed by atoms with Crippen LogP contribution in [0.1, 0.15) is 37.9 Å². The van der Waals surface area contributed by atoms with Crippen molar-refractivity contribution in [2.45, 2.75) is 51.4 Å². The minimum absolute atomic E-state index is 0.0946. The molecule has 2 aromatic heterocycles. The molecule has 2 heterocycles. The molecule has 0 bridgehead atoms. The van der Waals surface area contributed by atoms with Crippen molar-refractivity contribution < 1.29 is 41.3 Å². The zero-order chi connectivity index (χ0) is 32.8. The molecule has 2 aromatic carbocycles. The van der Waals surface area contributed by atoms with Gasteiger partial charge in [-0.05, 0) is 51.1 Å². The normalized spacial score (nSPS) is 13.9. The van der Waals surface area contributed by atoms with Crippen LogP contribution in [0.3, 0.4) is 0 Å². The Bertz CT molecular complexity index is 1540. The van der Waals surface area contributed by atoms with E-state index in [1.807, 2.05) is 0 Å². The summed E-state index contributed by atoms with van der Waals surface area (Å²) in [6.45, 7) is 5.10. The number of carbonyl (C=O) groups excluding carboxylic acids is 1. The second-order valence-electron chi connectivity index (χ2n) is 9.95. The standard InChI is InChI=1S/C29H32F5N7O4/c1-4-44-26(45-5-2)15-40(27(42)38-22-9-6-20(7-10-22)29(32,33)34)23-13-36-41(14-23)19(3)28(43,16-39-18-35-17-37-39)24-11-8-21(30)12-25(24)31/h6-14,17-19,26,43H,4-5,15-16H2,1-3H3,(H,38,42). The Morgan fingerprint density at radius 2 is 1.76 bits per heavy atom. The van der Waals surface area contributed by atoms with Crippen molar-refractivity contribution in [1.29, 1.82) is 0 Å². The minimum Gasteiger partial charge on any atom is -0.381 e. The van der Waals surface area contributed by atoms with Gasteiger partial charge in [0.25, 0.3) is 0 Å². The fraction of sp³-hybridized carbons (Fsp3) is 0.379. The molecule has 0 saturated carbocycles. The number of ether oxygens (including phenoxy) is 2. The maximum absolute atomic E-state index is 15.0. The van der Waals surface area contributed by atoms with Crippen molar-refractivity contribution in [1.82, 2.24) is 24.5 Å². The smallest absolute Gasteiger partial charge is 0.381 e. The first-order valence-electron chi connectivity index (χ1n) is 13.9.